The van der Waals surface area contributed by atoms with E-state index in [0.29, 0.717) is 12.4 Å². The molecule has 0 saturated carbocycles. The molecular weight excluding hydrogens is 298 g/mol. The monoisotopic (exact) mass is 322 g/mol. The molecule has 0 amide bonds. The van der Waals surface area contributed by atoms with Gasteiger partial charge in [-0.05, 0) is 51.0 Å². The van der Waals surface area contributed by atoms with Crippen LogP contribution in [-0.2, 0) is 6.42 Å². The van der Waals surface area contributed by atoms with Gasteiger partial charge in [-0.15, -0.1) is 0 Å². The van der Waals surface area contributed by atoms with Crippen molar-refractivity contribution in [1.29, 1.82) is 0 Å². The van der Waals surface area contributed by atoms with Gasteiger partial charge in [-0.1, -0.05) is 13.0 Å². The van der Waals surface area contributed by atoms with Crippen molar-refractivity contribution in [3.8, 4) is 11.5 Å². The molecule has 2 aromatic rings. The van der Waals surface area contributed by atoms with Crippen LogP contribution in [0.5, 0.6) is 11.5 Å². The predicted octanol–water partition coefficient (Wildman–Crippen LogP) is 4.45. The number of phenols is 1. The van der Waals surface area contributed by atoms with Crippen molar-refractivity contribution < 1.29 is 14.4 Å². The first-order valence-corrected chi connectivity index (χ1v) is 8.45. The van der Waals surface area contributed by atoms with E-state index in [9.17, 15) is 5.11 Å². The van der Waals surface area contributed by atoms with E-state index in [0.717, 1.165) is 12.0 Å². The predicted molar refractivity (Wildman–Crippen MR) is 97.7 cm³/mol. The number of hydrogen-bond acceptors (Lipinski definition) is 2. The summed E-state index contributed by atoms with van der Waals surface area (Å²) in [6.45, 7) is 8.93. The molecule has 1 N–H and O–H groups in total. The van der Waals surface area contributed by atoms with Crippen molar-refractivity contribution >= 4 is 17.3 Å². The Morgan fingerprint density at radius 2 is 1.88 bits per heavy atom. The van der Waals surface area contributed by atoms with E-state index >= 15 is 0 Å². The van der Waals surface area contributed by atoms with Gasteiger partial charge in [0.2, 0.25) is 11.4 Å². The summed E-state index contributed by atoms with van der Waals surface area (Å²) in [5.74, 6) is 0.700. The average Bonchev–Trinajstić information content (AvgIpc) is 2.82. The van der Waals surface area contributed by atoms with Crippen LogP contribution in [0.4, 0.5) is 0 Å². The Morgan fingerprint density at radius 3 is 2.58 bits per heavy atom. The highest BCUT2D eigenvalue weighted by Gasteiger charge is 2.29. The van der Waals surface area contributed by atoms with Gasteiger partial charge in [0.15, 0.2) is 17.7 Å². The Balaban J connectivity index is 2.10. The van der Waals surface area contributed by atoms with Gasteiger partial charge < -0.3 is 9.84 Å². The maximum atomic E-state index is 9.89. The van der Waals surface area contributed by atoms with Crippen LogP contribution in [0.15, 0.2) is 42.1 Å². The van der Waals surface area contributed by atoms with Crippen LogP contribution in [0.25, 0.3) is 17.3 Å². The van der Waals surface area contributed by atoms with Gasteiger partial charge in [-0.2, -0.15) is 4.57 Å². The van der Waals surface area contributed by atoms with Crippen molar-refractivity contribution in [1.82, 2.24) is 0 Å². The van der Waals surface area contributed by atoms with Crippen LogP contribution in [0.3, 0.4) is 0 Å². The zero-order chi connectivity index (χ0) is 17.3. The van der Waals surface area contributed by atoms with E-state index < -0.39 is 0 Å². The zero-order valence-electron chi connectivity index (χ0n) is 14.8. The van der Waals surface area contributed by atoms with Crippen LogP contribution < -0.4 is 9.30 Å². The van der Waals surface area contributed by atoms with Gasteiger partial charge in [0.05, 0.1) is 6.61 Å². The number of pyridine rings is 1. The first kappa shape index (κ1) is 16.3. The van der Waals surface area contributed by atoms with E-state index in [2.05, 4.69) is 49.7 Å². The number of aromatic nitrogens is 1. The summed E-state index contributed by atoms with van der Waals surface area (Å²) in [7, 11) is 0. The van der Waals surface area contributed by atoms with Crippen LogP contribution >= 0.6 is 0 Å². The first-order chi connectivity index (χ1) is 11.5. The molecule has 1 aliphatic rings. The van der Waals surface area contributed by atoms with E-state index in [-0.39, 0.29) is 5.75 Å². The molecule has 3 rings (SSSR count). The SMILES string of the molecule is CCOc1cc(/C=C2/C(C)=C(C)c3ccc(CC)c[n+]32)ccc1O. The second kappa shape index (κ2) is 6.52. The normalized spacial score (nSPS) is 15.1. The molecule has 0 atom stereocenters. The van der Waals surface area contributed by atoms with Crippen LogP contribution in [-0.4, -0.2) is 11.7 Å². The van der Waals surface area contributed by atoms with Crippen LogP contribution in [0, 0.1) is 0 Å². The summed E-state index contributed by atoms with van der Waals surface area (Å²) < 4.78 is 7.76. The second-order valence-electron chi connectivity index (χ2n) is 6.09. The fourth-order valence-electron chi connectivity index (χ4n) is 3.05. The lowest BCUT2D eigenvalue weighted by Gasteiger charge is -2.06. The minimum atomic E-state index is 0.176. The Labute approximate surface area is 143 Å². The number of aryl methyl sites for hydroxylation is 1. The van der Waals surface area contributed by atoms with Gasteiger partial charge in [0.1, 0.15) is 0 Å². The lowest BCUT2D eigenvalue weighted by Crippen LogP contribution is -2.33. The summed E-state index contributed by atoms with van der Waals surface area (Å²) in [5, 5.41) is 9.89. The molecule has 1 aromatic heterocycles. The van der Waals surface area contributed by atoms with Crippen molar-refractivity contribution in [2.45, 2.75) is 34.1 Å². The number of hydrogen-bond donors (Lipinski definition) is 1. The highest BCUT2D eigenvalue weighted by molar-refractivity contribution is 5.87. The Kier molecular flexibility index (Phi) is 4.43. The van der Waals surface area contributed by atoms with Crippen molar-refractivity contribution in [2.75, 3.05) is 6.61 Å². The smallest absolute Gasteiger partial charge is 0.215 e. The van der Waals surface area contributed by atoms with E-state index in [1.165, 1.54) is 28.1 Å². The van der Waals surface area contributed by atoms with Gasteiger partial charge >= 0.3 is 0 Å². The third-order valence-electron chi connectivity index (χ3n) is 4.60. The largest absolute Gasteiger partial charge is 0.504 e. The molecule has 0 unspecified atom stereocenters. The minimum absolute atomic E-state index is 0.176. The molecule has 0 radical (unpaired) electrons. The van der Waals surface area contributed by atoms with Gasteiger partial charge in [-0.3, -0.25) is 0 Å². The van der Waals surface area contributed by atoms with Gasteiger partial charge in [-0.25, -0.2) is 0 Å². The summed E-state index contributed by atoms with van der Waals surface area (Å²) in [6.07, 6.45) is 5.38. The van der Waals surface area contributed by atoms with Gasteiger partial charge in [0.25, 0.3) is 0 Å². The van der Waals surface area contributed by atoms with Crippen LogP contribution in [0.1, 0.15) is 44.5 Å². The van der Waals surface area contributed by atoms with Crippen molar-refractivity contribution in [3.63, 3.8) is 0 Å². The van der Waals surface area contributed by atoms with Crippen molar-refractivity contribution in [2.24, 2.45) is 0 Å². The summed E-state index contributed by atoms with van der Waals surface area (Å²) in [4.78, 5) is 0. The number of fused-ring (bicyclic) bond motifs is 1. The summed E-state index contributed by atoms with van der Waals surface area (Å²) >= 11 is 0. The van der Waals surface area contributed by atoms with E-state index in [1.807, 2.05) is 19.1 Å². The van der Waals surface area contributed by atoms with E-state index in [4.69, 9.17) is 4.74 Å². The molecule has 0 saturated heterocycles. The number of aromatic hydroxyl groups is 1. The Bertz CT molecular complexity index is 847. The lowest BCUT2D eigenvalue weighted by atomic mass is 10.1. The highest BCUT2D eigenvalue weighted by atomic mass is 16.5. The molecule has 0 spiro atoms. The third kappa shape index (κ3) is 2.82. The lowest BCUT2D eigenvalue weighted by molar-refractivity contribution is -0.578. The number of allylic oxidation sites excluding steroid dienone is 3. The maximum absolute atomic E-state index is 9.89. The molecule has 0 bridgehead atoms. The quantitative estimate of drug-likeness (QED) is 0.844. The number of ether oxygens (including phenoxy) is 1. The number of rotatable bonds is 4. The van der Waals surface area contributed by atoms with Gasteiger partial charge in [0, 0.05) is 28.9 Å². The topological polar surface area (TPSA) is 33.3 Å². The molecule has 0 aliphatic carbocycles. The average molecular weight is 322 g/mol. The summed E-state index contributed by atoms with van der Waals surface area (Å²) in [6, 6.07) is 9.87. The molecule has 0 fully saturated rings. The highest BCUT2D eigenvalue weighted by Crippen LogP contribution is 2.32. The number of benzene rings is 1. The molecular formula is C21H24NO2+. The second-order valence-corrected chi connectivity index (χ2v) is 6.09. The molecule has 1 aromatic carbocycles. The summed E-state index contributed by atoms with van der Waals surface area (Å²) in [5.41, 5.74) is 7.31. The maximum Gasteiger partial charge on any atom is 0.215 e. The van der Waals surface area contributed by atoms with E-state index in [1.54, 1.807) is 6.07 Å². The van der Waals surface area contributed by atoms with Crippen LogP contribution in [0.2, 0.25) is 0 Å². The standard InChI is InChI=1S/C21H23NO2/c1-5-16-7-9-18-14(3)15(4)19(22(18)13-16)11-17-8-10-20(23)21(12-17)24-6-2/h7-13H,5-6H2,1-4H3/p+1. The third-order valence-corrected chi connectivity index (χ3v) is 4.60. The molecule has 3 nitrogen and oxygen atoms in total. The molecule has 1 aliphatic heterocycles. The molecule has 3 heteroatoms. The fraction of sp³-hybridized carbons (Fsp3) is 0.286. The van der Waals surface area contributed by atoms with Crippen molar-refractivity contribution in [3.05, 3.63) is 58.9 Å². The molecule has 24 heavy (non-hydrogen) atoms. The first-order valence-electron chi connectivity index (χ1n) is 8.45. The molecule has 124 valence electrons. The minimum Gasteiger partial charge on any atom is -0.504 e. The fourth-order valence-corrected chi connectivity index (χ4v) is 3.05. The Hall–Kier alpha value is -2.55. The molecule has 2 heterocycles. The number of nitrogens with zero attached hydrogens (tertiary/aromatic N) is 1. The zero-order valence-corrected chi connectivity index (χ0v) is 14.8. The Morgan fingerprint density at radius 1 is 1.08 bits per heavy atom. The number of phenolic OH excluding ortho intramolecular Hbond substituents is 1.